The number of benzene rings is 1. The summed E-state index contributed by atoms with van der Waals surface area (Å²) >= 11 is 0. The quantitative estimate of drug-likeness (QED) is 0.793. The summed E-state index contributed by atoms with van der Waals surface area (Å²) in [5, 5.41) is 2.83. The van der Waals surface area contributed by atoms with Crippen LogP contribution in [0.2, 0.25) is 0 Å². The van der Waals surface area contributed by atoms with E-state index < -0.39 is 9.84 Å². The summed E-state index contributed by atoms with van der Waals surface area (Å²) in [5.41, 5.74) is 0.657. The zero-order valence-corrected chi connectivity index (χ0v) is 16.7. The number of ether oxygens (including phenoxy) is 1. The van der Waals surface area contributed by atoms with Crippen LogP contribution in [0.5, 0.6) is 5.75 Å². The van der Waals surface area contributed by atoms with Gasteiger partial charge in [0.25, 0.3) is 0 Å². The number of rotatable bonds is 6. The minimum atomic E-state index is -3.04. The van der Waals surface area contributed by atoms with E-state index in [1.54, 1.807) is 31.3 Å². The maximum absolute atomic E-state index is 12.6. The molecule has 1 saturated heterocycles. The minimum absolute atomic E-state index is 0.0175. The molecule has 0 spiro atoms. The molecule has 1 aliphatic carbocycles. The molecule has 3 rings (SSSR count). The third-order valence-electron chi connectivity index (χ3n) is 5.04. The Labute approximate surface area is 160 Å². The van der Waals surface area contributed by atoms with Gasteiger partial charge in [-0.25, -0.2) is 8.42 Å². The molecule has 2 aliphatic rings. The van der Waals surface area contributed by atoms with Crippen molar-refractivity contribution in [3.8, 4) is 5.75 Å². The van der Waals surface area contributed by atoms with Crippen LogP contribution in [0.3, 0.4) is 0 Å². The van der Waals surface area contributed by atoms with Crippen molar-refractivity contribution in [1.29, 1.82) is 0 Å². The van der Waals surface area contributed by atoms with Gasteiger partial charge in [0, 0.05) is 18.8 Å². The van der Waals surface area contributed by atoms with Crippen molar-refractivity contribution in [2.24, 2.45) is 11.8 Å². The van der Waals surface area contributed by atoms with Gasteiger partial charge in [-0.15, -0.1) is 0 Å². The summed E-state index contributed by atoms with van der Waals surface area (Å²) in [4.78, 5) is 26.5. The summed E-state index contributed by atoms with van der Waals surface area (Å²) in [6.45, 7) is 3.88. The van der Waals surface area contributed by atoms with Gasteiger partial charge in [0.05, 0.1) is 29.4 Å². The van der Waals surface area contributed by atoms with Crippen molar-refractivity contribution in [1.82, 2.24) is 4.90 Å². The fourth-order valence-corrected chi connectivity index (χ4v) is 5.18. The molecular formula is C19H26N2O5S. The first-order chi connectivity index (χ1) is 12.7. The van der Waals surface area contributed by atoms with Crippen LogP contribution in [0.4, 0.5) is 5.69 Å². The fraction of sp³-hybridized carbons (Fsp3) is 0.579. The fourth-order valence-electron chi connectivity index (χ4n) is 3.40. The molecule has 27 heavy (non-hydrogen) atoms. The Morgan fingerprint density at radius 1 is 1.19 bits per heavy atom. The van der Waals surface area contributed by atoms with E-state index in [1.807, 2.05) is 13.8 Å². The Hall–Kier alpha value is -2.09. The summed E-state index contributed by atoms with van der Waals surface area (Å²) in [6, 6.07) is 6.84. The first kappa shape index (κ1) is 19.7. The third-order valence-corrected chi connectivity index (χ3v) is 6.79. The van der Waals surface area contributed by atoms with Crippen LogP contribution in [-0.2, 0) is 19.4 Å². The van der Waals surface area contributed by atoms with Crippen LogP contribution in [0.15, 0.2) is 24.3 Å². The maximum atomic E-state index is 12.6. The smallest absolute Gasteiger partial charge is 0.228 e. The SMILES string of the molecule is CC(C)Oc1ccc(NC(=O)C2CC2C(=O)N(C)C2CCS(=O)(=O)C2)cc1. The molecule has 1 aliphatic heterocycles. The number of nitrogens with zero attached hydrogens (tertiary/aromatic N) is 1. The Morgan fingerprint density at radius 3 is 2.41 bits per heavy atom. The van der Waals surface area contributed by atoms with Gasteiger partial charge in [-0.3, -0.25) is 9.59 Å². The molecule has 8 heteroatoms. The van der Waals surface area contributed by atoms with E-state index in [0.717, 1.165) is 5.75 Å². The van der Waals surface area contributed by atoms with Gasteiger partial charge < -0.3 is 15.0 Å². The number of hydrogen-bond donors (Lipinski definition) is 1. The Balaban J connectivity index is 1.52. The lowest BCUT2D eigenvalue weighted by Gasteiger charge is -2.23. The van der Waals surface area contributed by atoms with E-state index >= 15 is 0 Å². The molecule has 1 heterocycles. The second kappa shape index (κ2) is 7.50. The van der Waals surface area contributed by atoms with Crippen molar-refractivity contribution in [3.05, 3.63) is 24.3 Å². The van der Waals surface area contributed by atoms with Gasteiger partial charge in [0.1, 0.15) is 5.75 Å². The van der Waals surface area contributed by atoms with Crippen molar-refractivity contribution in [3.63, 3.8) is 0 Å². The average molecular weight is 394 g/mol. The highest BCUT2D eigenvalue weighted by molar-refractivity contribution is 7.91. The molecule has 1 saturated carbocycles. The van der Waals surface area contributed by atoms with E-state index in [9.17, 15) is 18.0 Å². The summed E-state index contributed by atoms with van der Waals surface area (Å²) in [7, 11) is -1.41. The number of nitrogens with one attached hydrogen (secondary N) is 1. The number of anilines is 1. The molecule has 2 fully saturated rings. The number of carbonyl (C=O) groups is 2. The standard InChI is InChI=1S/C19H26N2O5S/c1-12(2)26-15-6-4-13(5-7-15)20-18(22)16-10-17(16)19(23)21(3)14-8-9-27(24,25)11-14/h4-7,12,14,16-17H,8-11H2,1-3H3,(H,20,22). The molecule has 7 nitrogen and oxygen atoms in total. The molecule has 1 N–H and O–H groups in total. The van der Waals surface area contributed by atoms with Crippen LogP contribution >= 0.6 is 0 Å². The van der Waals surface area contributed by atoms with Gasteiger partial charge in [0.2, 0.25) is 11.8 Å². The largest absolute Gasteiger partial charge is 0.491 e. The summed E-state index contributed by atoms with van der Waals surface area (Å²) < 4.78 is 28.8. The number of sulfone groups is 1. The van der Waals surface area contributed by atoms with Crippen molar-refractivity contribution < 1.29 is 22.7 Å². The van der Waals surface area contributed by atoms with Gasteiger partial charge in [-0.05, 0) is 51.0 Å². The zero-order valence-electron chi connectivity index (χ0n) is 15.8. The van der Waals surface area contributed by atoms with Gasteiger partial charge in [-0.2, -0.15) is 0 Å². The second-order valence-electron chi connectivity index (χ2n) is 7.63. The molecule has 1 aromatic carbocycles. The lowest BCUT2D eigenvalue weighted by Crippen LogP contribution is -2.39. The van der Waals surface area contributed by atoms with E-state index in [0.29, 0.717) is 18.5 Å². The molecular weight excluding hydrogens is 368 g/mol. The summed E-state index contributed by atoms with van der Waals surface area (Å²) in [6.07, 6.45) is 1.05. The molecule has 1 aromatic rings. The molecule has 3 atom stereocenters. The number of amides is 2. The molecule has 0 radical (unpaired) electrons. The molecule has 0 aromatic heterocycles. The van der Waals surface area contributed by atoms with E-state index in [4.69, 9.17) is 4.74 Å². The molecule has 0 bridgehead atoms. The predicted octanol–water partition coefficient (Wildman–Crippen LogP) is 1.69. The third kappa shape index (κ3) is 4.80. The first-order valence-electron chi connectivity index (χ1n) is 9.21. The lowest BCUT2D eigenvalue weighted by atomic mass is 10.2. The monoisotopic (exact) mass is 394 g/mol. The zero-order chi connectivity index (χ0) is 19.8. The van der Waals surface area contributed by atoms with E-state index in [1.165, 1.54) is 4.90 Å². The van der Waals surface area contributed by atoms with Crippen LogP contribution < -0.4 is 10.1 Å². The topological polar surface area (TPSA) is 92.8 Å². The van der Waals surface area contributed by atoms with Crippen LogP contribution in [0.25, 0.3) is 0 Å². The molecule has 3 unspecified atom stereocenters. The van der Waals surface area contributed by atoms with Gasteiger partial charge >= 0.3 is 0 Å². The maximum Gasteiger partial charge on any atom is 0.228 e. The predicted molar refractivity (Wildman–Crippen MR) is 102 cm³/mol. The van der Waals surface area contributed by atoms with Crippen LogP contribution in [0.1, 0.15) is 26.7 Å². The number of carbonyl (C=O) groups excluding carboxylic acids is 2. The Kier molecular flexibility index (Phi) is 5.46. The minimum Gasteiger partial charge on any atom is -0.491 e. The van der Waals surface area contributed by atoms with Crippen LogP contribution in [0, 0.1) is 11.8 Å². The lowest BCUT2D eigenvalue weighted by molar-refractivity contribution is -0.134. The molecule has 148 valence electrons. The van der Waals surface area contributed by atoms with Crippen molar-refractivity contribution in [2.75, 3.05) is 23.9 Å². The summed E-state index contributed by atoms with van der Waals surface area (Å²) in [5.74, 6) is -0.164. The van der Waals surface area contributed by atoms with E-state index in [-0.39, 0.29) is 47.3 Å². The van der Waals surface area contributed by atoms with Crippen molar-refractivity contribution in [2.45, 2.75) is 38.8 Å². The van der Waals surface area contributed by atoms with Crippen molar-refractivity contribution >= 4 is 27.3 Å². The van der Waals surface area contributed by atoms with Crippen LogP contribution in [-0.4, -0.2) is 55.8 Å². The van der Waals surface area contributed by atoms with Gasteiger partial charge in [-0.1, -0.05) is 0 Å². The second-order valence-corrected chi connectivity index (χ2v) is 9.86. The normalized spacial score (nSPS) is 25.9. The number of hydrogen-bond acceptors (Lipinski definition) is 5. The highest BCUT2D eigenvalue weighted by Crippen LogP contribution is 2.41. The highest BCUT2D eigenvalue weighted by Gasteiger charge is 2.50. The molecule has 2 amide bonds. The van der Waals surface area contributed by atoms with Gasteiger partial charge in [0.15, 0.2) is 9.84 Å². The average Bonchev–Trinajstić information content (AvgIpc) is 3.32. The van der Waals surface area contributed by atoms with E-state index in [2.05, 4.69) is 5.32 Å². The first-order valence-corrected chi connectivity index (χ1v) is 11.0. The Bertz CT molecular complexity index is 819. The Morgan fingerprint density at radius 2 is 1.85 bits per heavy atom. The highest BCUT2D eigenvalue weighted by atomic mass is 32.2.